The van der Waals surface area contributed by atoms with Gasteiger partial charge in [-0.05, 0) is 50.6 Å². The van der Waals surface area contributed by atoms with Gasteiger partial charge in [-0.3, -0.25) is 4.98 Å². The van der Waals surface area contributed by atoms with Crippen LogP contribution in [0.1, 0.15) is 26.3 Å². The van der Waals surface area contributed by atoms with Gasteiger partial charge in [-0.15, -0.1) is 0 Å². The van der Waals surface area contributed by atoms with Crippen molar-refractivity contribution in [2.24, 2.45) is 0 Å². The van der Waals surface area contributed by atoms with E-state index in [0.717, 1.165) is 24.5 Å². The van der Waals surface area contributed by atoms with E-state index >= 15 is 0 Å². The predicted octanol–water partition coefficient (Wildman–Crippen LogP) is 3.48. The highest BCUT2D eigenvalue weighted by Gasteiger charge is 2.10. The molecule has 0 aliphatic carbocycles. The molecule has 1 aromatic heterocycles. The standard InChI is InChI=1S/C17H23N3O/c1-4-20(12-14-7-9-19-10-8-14)15-5-6-16(18)17(11-15)21-13(2)3/h5-11,13H,4,12,18H2,1-3H3. The molecule has 112 valence electrons. The molecule has 2 rings (SSSR count). The maximum absolute atomic E-state index is 5.98. The van der Waals surface area contributed by atoms with Crippen LogP contribution in [0.4, 0.5) is 11.4 Å². The van der Waals surface area contributed by atoms with Crippen molar-refractivity contribution >= 4 is 11.4 Å². The quantitative estimate of drug-likeness (QED) is 0.826. The number of nitrogens with two attached hydrogens (primary N) is 1. The van der Waals surface area contributed by atoms with E-state index in [0.29, 0.717) is 5.69 Å². The highest BCUT2D eigenvalue weighted by molar-refractivity contribution is 5.62. The second-order valence-corrected chi connectivity index (χ2v) is 5.26. The first-order chi connectivity index (χ1) is 10.1. The van der Waals surface area contributed by atoms with Crippen molar-refractivity contribution in [3.63, 3.8) is 0 Å². The van der Waals surface area contributed by atoms with E-state index < -0.39 is 0 Å². The van der Waals surface area contributed by atoms with Crippen molar-refractivity contribution < 1.29 is 4.74 Å². The molecular formula is C17H23N3O. The molecule has 2 N–H and O–H groups in total. The van der Waals surface area contributed by atoms with Crippen molar-refractivity contribution in [3.05, 3.63) is 48.3 Å². The Morgan fingerprint density at radius 1 is 1.19 bits per heavy atom. The molecule has 4 heteroatoms. The summed E-state index contributed by atoms with van der Waals surface area (Å²) in [5.41, 5.74) is 9.00. The second-order valence-electron chi connectivity index (χ2n) is 5.26. The molecule has 2 aromatic rings. The summed E-state index contributed by atoms with van der Waals surface area (Å²) in [4.78, 5) is 6.33. The van der Waals surface area contributed by atoms with Crippen LogP contribution < -0.4 is 15.4 Å². The third-order valence-electron chi connectivity index (χ3n) is 3.23. The molecule has 0 aliphatic rings. The number of benzene rings is 1. The minimum Gasteiger partial charge on any atom is -0.489 e. The third-order valence-corrected chi connectivity index (χ3v) is 3.23. The number of nitrogen functional groups attached to an aromatic ring is 1. The summed E-state index contributed by atoms with van der Waals surface area (Å²) < 4.78 is 5.77. The molecule has 0 radical (unpaired) electrons. The molecule has 0 unspecified atom stereocenters. The van der Waals surface area contributed by atoms with Gasteiger partial charge in [0.2, 0.25) is 0 Å². The summed E-state index contributed by atoms with van der Waals surface area (Å²) >= 11 is 0. The normalized spacial score (nSPS) is 10.7. The monoisotopic (exact) mass is 285 g/mol. The van der Waals surface area contributed by atoms with Gasteiger partial charge in [-0.1, -0.05) is 0 Å². The SMILES string of the molecule is CCN(Cc1ccncc1)c1ccc(N)c(OC(C)C)c1. The van der Waals surface area contributed by atoms with Gasteiger partial charge in [-0.25, -0.2) is 0 Å². The van der Waals surface area contributed by atoms with Crippen molar-refractivity contribution in [3.8, 4) is 5.75 Å². The fraction of sp³-hybridized carbons (Fsp3) is 0.353. The summed E-state index contributed by atoms with van der Waals surface area (Å²) in [6.45, 7) is 7.89. The molecule has 0 amide bonds. The Bertz CT molecular complexity index is 570. The summed E-state index contributed by atoms with van der Waals surface area (Å²) in [6.07, 6.45) is 3.75. The molecule has 0 spiro atoms. The average Bonchev–Trinajstić information content (AvgIpc) is 2.48. The largest absolute Gasteiger partial charge is 0.489 e. The highest BCUT2D eigenvalue weighted by atomic mass is 16.5. The number of ether oxygens (including phenoxy) is 1. The molecule has 0 saturated carbocycles. The molecule has 4 nitrogen and oxygen atoms in total. The van der Waals surface area contributed by atoms with E-state index in [2.05, 4.69) is 16.8 Å². The summed E-state index contributed by atoms with van der Waals surface area (Å²) in [5.74, 6) is 0.746. The fourth-order valence-electron chi connectivity index (χ4n) is 2.17. The molecule has 1 heterocycles. The van der Waals surface area contributed by atoms with E-state index in [4.69, 9.17) is 10.5 Å². The van der Waals surface area contributed by atoms with Gasteiger partial charge in [0.25, 0.3) is 0 Å². The molecule has 0 aliphatic heterocycles. The highest BCUT2D eigenvalue weighted by Crippen LogP contribution is 2.29. The molecule has 0 bridgehead atoms. The van der Waals surface area contributed by atoms with E-state index in [-0.39, 0.29) is 6.10 Å². The number of pyridine rings is 1. The first kappa shape index (κ1) is 15.2. The van der Waals surface area contributed by atoms with Gasteiger partial charge < -0.3 is 15.4 Å². The van der Waals surface area contributed by atoms with Gasteiger partial charge in [0, 0.05) is 37.2 Å². The number of nitrogens with zero attached hydrogens (tertiary/aromatic N) is 2. The zero-order valence-corrected chi connectivity index (χ0v) is 12.9. The van der Waals surface area contributed by atoms with Gasteiger partial charge in [0.15, 0.2) is 0 Å². The topological polar surface area (TPSA) is 51.4 Å². The number of hydrogen-bond donors (Lipinski definition) is 1. The lowest BCUT2D eigenvalue weighted by molar-refractivity contribution is 0.244. The molecular weight excluding hydrogens is 262 g/mol. The van der Waals surface area contributed by atoms with Crippen LogP contribution in [-0.2, 0) is 6.54 Å². The van der Waals surface area contributed by atoms with Crippen LogP contribution in [-0.4, -0.2) is 17.6 Å². The van der Waals surface area contributed by atoms with Crippen LogP contribution in [0.25, 0.3) is 0 Å². The molecule has 0 atom stereocenters. The van der Waals surface area contributed by atoms with E-state index in [1.807, 2.05) is 56.6 Å². The second kappa shape index (κ2) is 6.97. The Kier molecular flexibility index (Phi) is 5.04. The molecule has 1 aromatic carbocycles. The lowest BCUT2D eigenvalue weighted by Gasteiger charge is -2.24. The lowest BCUT2D eigenvalue weighted by atomic mass is 10.2. The maximum atomic E-state index is 5.98. The number of aromatic nitrogens is 1. The summed E-state index contributed by atoms with van der Waals surface area (Å²) in [5, 5.41) is 0. The average molecular weight is 285 g/mol. The summed E-state index contributed by atoms with van der Waals surface area (Å²) in [6, 6.07) is 10.0. The van der Waals surface area contributed by atoms with Crippen molar-refractivity contribution in [1.82, 2.24) is 4.98 Å². The van der Waals surface area contributed by atoms with Crippen LogP contribution >= 0.6 is 0 Å². The zero-order chi connectivity index (χ0) is 15.2. The number of hydrogen-bond acceptors (Lipinski definition) is 4. The smallest absolute Gasteiger partial charge is 0.144 e. The Balaban J connectivity index is 2.21. The minimum atomic E-state index is 0.109. The minimum absolute atomic E-state index is 0.109. The van der Waals surface area contributed by atoms with Crippen molar-refractivity contribution in [2.45, 2.75) is 33.4 Å². The number of anilines is 2. The predicted molar refractivity (Wildman–Crippen MR) is 87.6 cm³/mol. The van der Waals surface area contributed by atoms with E-state index in [1.54, 1.807) is 0 Å². The van der Waals surface area contributed by atoms with Gasteiger partial charge in [0.1, 0.15) is 5.75 Å². The third kappa shape index (κ3) is 4.12. The van der Waals surface area contributed by atoms with Gasteiger partial charge >= 0.3 is 0 Å². The Labute approximate surface area is 126 Å². The van der Waals surface area contributed by atoms with Crippen LogP contribution in [0.15, 0.2) is 42.7 Å². The van der Waals surface area contributed by atoms with Crippen LogP contribution in [0, 0.1) is 0 Å². The van der Waals surface area contributed by atoms with E-state index in [9.17, 15) is 0 Å². The van der Waals surface area contributed by atoms with Gasteiger partial charge in [0.05, 0.1) is 11.8 Å². The van der Waals surface area contributed by atoms with E-state index in [1.165, 1.54) is 5.56 Å². The number of rotatable bonds is 6. The molecule has 0 saturated heterocycles. The Hall–Kier alpha value is -2.23. The first-order valence-corrected chi connectivity index (χ1v) is 7.30. The van der Waals surface area contributed by atoms with Crippen LogP contribution in [0.2, 0.25) is 0 Å². The Morgan fingerprint density at radius 2 is 1.90 bits per heavy atom. The molecule has 21 heavy (non-hydrogen) atoms. The van der Waals surface area contributed by atoms with Crippen LogP contribution in [0.3, 0.4) is 0 Å². The maximum Gasteiger partial charge on any atom is 0.144 e. The summed E-state index contributed by atoms with van der Waals surface area (Å²) in [7, 11) is 0. The van der Waals surface area contributed by atoms with Crippen LogP contribution in [0.5, 0.6) is 5.75 Å². The molecule has 0 fully saturated rings. The van der Waals surface area contributed by atoms with Crippen molar-refractivity contribution in [1.29, 1.82) is 0 Å². The fourth-order valence-corrected chi connectivity index (χ4v) is 2.17. The lowest BCUT2D eigenvalue weighted by Crippen LogP contribution is -2.22. The van der Waals surface area contributed by atoms with Crippen molar-refractivity contribution in [2.75, 3.05) is 17.2 Å². The Morgan fingerprint density at radius 3 is 2.52 bits per heavy atom. The zero-order valence-electron chi connectivity index (χ0n) is 12.9. The van der Waals surface area contributed by atoms with Gasteiger partial charge in [-0.2, -0.15) is 0 Å². The first-order valence-electron chi connectivity index (χ1n) is 7.30.